The van der Waals surface area contributed by atoms with E-state index in [1.165, 1.54) is 0 Å². The van der Waals surface area contributed by atoms with Crippen molar-refractivity contribution in [3.8, 4) is 0 Å². The molecule has 1 saturated heterocycles. The summed E-state index contributed by atoms with van der Waals surface area (Å²) in [7, 11) is 0. The maximum atomic E-state index is 11.9. The van der Waals surface area contributed by atoms with Gasteiger partial charge in [-0.15, -0.1) is 0 Å². The molecule has 1 amide bonds. The summed E-state index contributed by atoms with van der Waals surface area (Å²) >= 11 is 3.24. The number of nitrogens with zero attached hydrogens (tertiary/aromatic N) is 1. The molecule has 100 valence electrons. The molecule has 1 rings (SSSR count). The van der Waals surface area contributed by atoms with E-state index in [4.69, 9.17) is 0 Å². The van der Waals surface area contributed by atoms with Gasteiger partial charge in [-0.25, -0.2) is 0 Å². The Labute approximate surface area is 113 Å². The molecular formula is C13H24BrNO2. The van der Waals surface area contributed by atoms with Crippen LogP contribution in [0.1, 0.15) is 40.0 Å². The minimum Gasteiger partial charge on any atom is -0.390 e. The Kier molecular flexibility index (Phi) is 5.45. The monoisotopic (exact) mass is 305 g/mol. The summed E-state index contributed by atoms with van der Waals surface area (Å²) in [6, 6.07) is 0. The molecule has 3 nitrogen and oxygen atoms in total. The van der Waals surface area contributed by atoms with E-state index in [0.29, 0.717) is 24.2 Å². The summed E-state index contributed by atoms with van der Waals surface area (Å²) < 4.78 is 0. The zero-order valence-corrected chi connectivity index (χ0v) is 12.7. The summed E-state index contributed by atoms with van der Waals surface area (Å²) in [6.45, 7) is 7.97. The molecule has 1 N–H and O–H groups in total. The largest absolute Gasteiger partial charge is 0.390 e. The topological polar surface area (TPSA) is 40.5 Å². The molecule has 0 aromatic rings. The van der Waals surface area contributed by atoms with E-state index in [1.807, 2.05) is 4.90 Å². The van der Waals surface area contributed by atoms with E-state index < -0.39 is 6.10 Å². The average molecular weight is 306 g/mol. The van der Waals surface area contributed by atoms with Gasteiger partial charge in [0, 0.05) is 24.8 Å². The Bertz CT molecular complexity index is 263. The van der Waals surface area contributed by atoms with Crippen LogP contribution in [0.4, 0.5) is 0 Å². The lowest BCUT2D eigenvalue weighted by molar-refractivity contribution is -0.131. The molecule has 17 heavy (non-hydrogen) atoms. The predicted octanol–water partition coefficient (Wildman–Crippen LogP) is 2.42. The lowest BCUT2D eigenvalue weighted by atomic mass is 9.77. The van der Waals surface area contributed by atoms with Crippen LogP contribution in [0.3, 0.4) is 0 Å². The Morgan fingerprint density at radius 3 is 2.65 bits per heavy atom. The van der Waals surface area contributed by atoms with Gasteiger partial charge in [0.05, 0.1) is 6.10 Å². The summed E-state index contributed by atoms with van der Waals surface area (Å²) in [5.41, 5.74) is 0.268. The number of carbonyl (C=O) groups is 1. The number of aliphatic hydroxyl groups is 1. The number of carbonyl (C=O) groups excluding carboxylic acids is 1. The fourth-order valence-electron chi connectivity index (χ4n) is 2.40. The second-order valence-electron chi connectivity index (χ2n) is 6.04. The molecule has 0 aromatic heterocycles. The maximum Gasteiger partial charge on any atom is 0.222 e. The molecule has 2 atom stereocenters. The molecular weight excluding hydrogens is 282 g/mol. The lowest BCUT2D eigenvalue weighted by Crippen LogP contribution is -2.37. The zero-order valence-electron chi connectivity index (χ0n) is 11.1. The molecule has 2 unspecified atom stereocenters. The molecule has 4 heteroatoms. The van der Waals surface area contributed by atoms with Crippen LogP contribution in [0.15, 0.2) is 0 Å². The van der Waals surface area contributed by atoms with Crippen molar-refractivity contribution < 1.29 is 9.90 Å². The van der Waals surface area contributed by atoms with Crippen LogP contribution in [0.2, 0.25) is 0 Å². The fourth-order valence-corrected chi connectivity index (χ4v) is 2.60. The summed E-state index contributed by atoms with van der Waals surface area (Å²) in [5.74, 6) is 0.786. The number of halogens is 1. The molecule has 0 aromatic carbocycles. The van der Waals surface area contributed by atoms with Crippen LogP contribution in [-0.2, 0) is 4.79 Å². The van der Waals surface area contributed by atoms with Crippen molar-refractivity contribution in [1.29, 1.82) is 0 Å². The quantitative estimate of drug-likeness (QED) is 0.814. The minimum atomic E-state index is -0.454. The van der Waals surface area contributed by atoms with Crippen LogP contribution in [0.25, 0.3) is 0 Å². The first-order valence-corrected chi connectivity index (χ1v) is 7.48. The van der Waals surface area contributed by atoms with Crippen molar-refractivity contribution in [3.05, 3.63) is 0 Å². The SMILES string of the molecule is CC(C)(C)C1CCC(=O)N(CC(O)CBr)CC1. The number of β-amino-alcohol motifs (C(OH)–C–C–N with tert-alkyl or cyclic N) is 1. The lowest BCUT2D eigenvalue weighted by Gasteiger charge is -2.29. The van der Waals surface area contributed by atoms with Gasteiger partial charge < -0.3 is 10.0 Å². The Morgan fingerprint density at radius 1 is 1.47 bits per heavy atom. The van der Waals surface area contributed by atoms with Gasteiger partial charge in [-0.3, -0.25) is 4.79 Å². The average Bonchev–Trinajstić information content (AvgIpc) is 2.41. The second kappa shape index (κ2) is 6.19. The highest BCUT2D eigenvalue weighted by Crippen LogP contribution is 2.34. The van der Waals surface area contributed by atoms with Crippen molar-refractivity contribution in [2.24, 2.45) is 11.3 Å². The van der Waals surface area contributed by atoms with E-state index in [2.05, 4.69) is 36.7 Å². The van der Waals surface area contributed by atoms with Gasteiger partial charge >= 0.3 is 0 Å². The number of alkyl halides is 1. The summed E-state index contributed by atoms with van der Waals surface area (Å²) in [6.07, 6.45) is 2.19. The predicted molar refractivity (Wildman–Crippen MR) is 73.2 cm³/mol. The Hall–Kier alpha value is -0.0900. The first-order valence-electron chi connectivity index (χ1n) is 6.36. The molecule has 1 aliphatic heterocycles. The van der Waals surface area contributed by atoms with Gasteiger partial charge in [-0.2, -0.15) is 0 Å². The van der Waals surface area contributed by atoms with Crippen LogP contribution in [0, 0.1) is 11.3 Å². The fraction of sp³-hybridized carbons (Fsp3) is 0.923. The third kappa shape index (κ3) is 4.59. The summed E-state index contributed by atoms with van der Waals surface area (Å²) in [4.78, 5) is 13.8. The normalized spacial score (nSPS) is 24.6. The maximum absolute atomic E-state index is 11.9. The first-order chi connectivity index (χ1) is 7.84. The molecule has 1 aliphatic rings. The third-order valence-electron chi connectivity index (χ3n) is 3.64. The molecule has 0 saturated carbocycles. The number of amides is 1. The van der Waals surface area contributed by atoms with Gasteiger partial charge in [0.25, 0.3) is 0 Å². The first kappa shape index (κ1) is 15.0. The number of hydrogen-bond donors (Lipinski definition) is 1. The highest BCUT2D eigenvalue weighted by molar-refractivity contribution is 9.09. The van der Waals surface area contributed by atoms with Gasteiger partial charge in [-0.1, -0.05) is 36.7 Å². The van der Waals surface area contributed by atoms with Crippen molar-refractivity contribution in [2.45, 2.75) is 46.1 Å². The number of rotatable bonds is 3. The summed E-state index contributed by atoms with van der Waals surface area (Å²) in [5, 5.41) is 10.1. The van der Waals surface area contributed by atoms with Crippen molar-refractivity contribution in [1.82, 2.24) is 4.90 Å². The molecule has 0 spiro atoms. The van der Waals surface area contributed by atoms with Gasteiger partial charge in [0.2, 0.25) is 5.91 Å². The zero-order chi connectivity index (χ0) is 13.1. The minimum absolute atomic E-state index is 0.191. The van der Waals surface area contributed by atoms with Gasteiger partial charge in [0.1, 0.15) is 0 Å². The second-order valence-corrected chi connectivity index (χ2v) is 6.69. The van der Waals surface area contributed by atoms with Crippen molar-refractivity contribution in [3.63, 3.8) is 0 Å². The number of hydrogen-bond acceptors (Lipinski definition) is 2. The molecule has 0 aliphatic carbocycles. The van der Waals surface area contributed by atoms with Crippen LogP contribution in [0.5, 0.6) is 0 Å². The highest BCUT2D eigenvalue weighted by Gasteiger charge is 2.30. The van der Waals surface area contributed by atoms with E-state index in [1.54, 1.807) is 0 Å². The van der Waals surface area contributed by atoms with Crippen LogP contribution < -0.4 is 0 Å². The number of aliphatic hydroxyl groups excluding tert-OH is 1. The molecule has 1 fully saturated rings. The third-order valence-corrected chi connectivity index (χ3v) is 4.39. The smallest absolute Gasteiger partial charge is 0.222 e. The number of likely N-dealkylation sites (tertiary alicyclic amines) is 1. The van der Waals surface area contributed by atoms with Crippen molar-refractivity contribution >= 4 is 21.8 Å². The van der Waals surface area contributed by atoms with E-state index >= 15 is 0 Å². The highest BCUT2D eigenvalue weighted by atomic mass is 79.9. The van der Waals surface area contributed by atoms with Gasteiger partial charge in [0.15, 0.2) is 0 Å². The molecule has 1 heterocycles. The Balaban J connectivity index is 2.58. The van der Waals surface area contributed by atoms with Crippen LogP contribution in [-0.4, -0.2) is 40.4 Å². The van der Waals surface area contributed by atoms with Gasteiger partial charge in [-0.05, 0) is 24.2 Å². The Morgan fingerprint density at radius 2 is 2.12 bits per heavy atom. The van der Waals surface area contributed by atoms with E-state index in [0.717, 1.165) is 19.4 Å². The molecule has 0 bridgehead atoms. The van der Waals surface area contributed by atoms with Crippen molar-refractivity contribution in [2.75, 3.05) is 18.4 Å². The van der Waals surface area contributed by atoms with E-state index in [-0.39, 0.29) is 11.3 Å². The standard InChI is InChI=1S/C13H24BrNO2/c1-13(2,3)10-4-5-12(17)15(7-6-10)9-11(16)8-14/h10-11,16H,4-9H2,1-3H3. The van der Waals surface area contributed by atoms with E-state index in [9.17, 15) is 9.90 Å². The van der Waals surface area contributed by atoms with Crippen LogP contribution >= 0.6 is 15.9 Å². The molecule has 0 radical (unpaired) electrons.